The molecule has 3 heterocycles. The highest BCUT2D eigenvalue weighted by Gasteiger charge is 2.24. The molecule has 1 aromatic carbocycles. The number of hydrogen-bond donors (Lipinski definition) is 0. The molecular formula is C25H31N3O3. The van der Waals surface area contributed by atoms with E-state index < -0.39 is 0 Å². The van der Waals surface area contributed by atoms with Crippen LogP contribution in [0.4, 0.5) is 0 Å². The second-order valence-corrected chi connectivity index (χ2v) is 8.86. The molecule has 1 aliphatic heterocycles. The second-order valence-electron chi connectivity index (χ2n) is 8.86. The fraction of sp³-hybridized carbons (Fsp3) is 0.480. The Bertz CT molecular complexity index is 1120. The zero-order valence-electron chi connectivity index (χ0n) is 18.9. The molecule has 2 aromatic heterocycles. The van der Waals surface area contributed by atoms with Crippen molar-refractivity contribution in [3.05, 3.63) is 69.1 Å². The van der Waals surface area contributed by atoms with Gasteiger partial charge in [0.05, 0.1) is 0 Å². The molecule has 6 nitrogen and oxygen atoms in total. The molecule has 0 spiro atoms. The van der Waals surface area contributed by atoms with E-state index in [9.17, 15) is 4.79 Å². The number of benzene rings is 1. The number of methoxy groups -OCH3 is 1. The molecule has 1 fully saturated rings. The smallest absolute Gasteiger partial charge is 0.336 e. The average Bonchev–Trinajstić information content (AvgIpc) is 2.73. The lowest BCUT2D eigenvalue weighted by Crippen LogP contribution is -2.34. The van der Waals surface area contributed by atoms with Gasteiger partial charge in [-0.1, -0.05) is 13.8 Å². The monoisotopic (exact) mass is 421 g/mol. The maximum absolute atomic E-state index is 12.2. The Balaban J connectivity index is 1.60. The molecule has 0 amide bonds. The molecule has 1 aliphatic rings. The lowest BCUT2D eigenvalue weighted by Gasteiger charge is -2.32. The van der Waals surface area contributed by atoms with Gasteiger partial charge in [-0.2, -0.15) is 0 Å². The number of rotatable bonds is 6. The highest BCUT2D eigenvalue weighted by molar-refractivity contribution is 5.82. The van der Waals surface area contributed by atoms with E-state index in [-0.39, 0.29) is 5.63 Å². The fourth-order valence-electron chi connectivity index (χ4n) is 4.67. The van der Waals surface area contributed by atoms with Gasteiger partial charge in [0.25, 0.3) is 0 Å². The largest absolute Gasteiger partial charge is 0.423 e. The number of likely N-dealkylation sites (tertiary alicyclic amines) is 1. The molecule has 164 valence electrons. The summed E-state index contributed by atoms with van der Waals surface area (Å²) in [5.41, 5.74) is 4.96. The maximum Gasteiger partial charge on any atom is 0.336 e. The van der Waals surface area contributed by atoms with E-state index >= 15 is 0 Å². The quantitative estimate of drug-likeness (QED) is 0.544. The van der Waals surface area contributed by atoms with Gasteiger partial charge < -0.3 is 9.15 Å². The van der Waals surface area contributed by atoms with E-state index in [1.807, 2.05) is 18.3 Å². The summed E-state index contributed by atoms with van der Waals surface area (Å²) in [4.78, 5) is 23.7. The van der Waals surface area contributed by atoms with Gasteiger partial charge in [-0.3, -0.25) is 4.90 Å². The van der Waals surface area contributed by atoms with Crippen LogP contribution in [-0.4, -0.2) is 35.1 Å². The summed E-state index contributed by atoms with van der Waals surface area (Å²) >= 11 is 0. The van der Waals surface area contributed by atoms with Crippen molar-refractivity contribution < 1.29 is 9.15 Å². The lowest BCUT2D eigenvalue weighted by atomic mass is 9.93. The van der Waals surface area contributed by atoms with E-state index in [0.29, 0.717) is 24.0 Å². The van der Waals surface area contributed by atoms with Crippen LogP contribution in [0.3, 0.4) is 0 Å². The molecule has 4 rings (SSSR count). The van der Waals surface area contributed by atoms with Crippen molar-refractivity contribution in [1.82, 2.24) is 14.9 Å². The molecular weight excluding hydrogens is 390 g/mol. The standard InChI is InChI=1S/C25H31N3O3/c1-16(2)20-12-21-19(11-25(29)31-23(21)10-17(20)3)14-28-9-5-6-18(13-28)22-7-8-26-24(27-22)15-30-4/h7-8,10-12,16,18H,5-6,9,13-15H2,1-4H3. The summed E-state index contributed by atoms with van der Waals surface area (Å²) in [7, 11) is 1.66. The first-order valence-corrected chi connectivity index (χ1v) is 11.0. The maximum atomic E-state index is 12.2. The summed E-state index contributed by atoms with van der Waals surface area (Å²) < 4.78 is 10.7. The molecule has 1 atom stereocenters. The summed E-state index contributed by atoms with van der Waals surface area (Å²) in [5.74, 6) is 1.50. The normalized spacial score (nSPS) is 17.5. The first kappa shape index (κ1) is 21.7. The molecule has 6 heteroatoms. The summed E-state index contributed by atoms with van der Waals surface area (Å²) in [6.07, 6.45) is 4.03. The number of aromatic nitrogens is 2. The third kappa shape index (κ3) is 4.86. The Hall–Kier alpha value is -2.57. The Morgan fingerprint density at radius 3 is 2.90 bits per heavy atom. The predicted molar refractivity (Wildman–Crippen MR) is 121 cm³/mol. The van der Waals surface area contributed by atoms with Gasteiger partial charge in [0, 0.05) is 49.5 Å². The van der Waals surface area contributed by atoms with Crippen molar-refractivity contribution in [3.63, 3.8) is 0 Å². The highest BCUT2D eigenvalue weighted by atomic mass is 16.5. The minimum Gasteiger partial charge on any atom is -0.423 e. The summed E-state index contributed by atoms with van der Waals surface area (Å²) in [5, 5.41) is 1.04. The highest BCUT2D eigenvalue weighted by Crippen LogP contribution is 2.30. The van der Waals surface area contributed by atoms with Crippen molar-refractivity contribution in [1.29, 1.82) is 0 Å². The van der Waals surface area contributed by atoms with Crippen LogP contribution < -0.4 is 5.63 Å². The number of hydrogen-bond acceptors (Lipinski definition) is 6. The van der Waals surface area contributed by atoms with E-state index in [1.165, 1.54) is 5.56 Å². The van der Waals surface area contributed by atoms with Gasteiger partial charge >= 0.3 is 5.63 Å². The third-order valence-corrected chi connectivity index (χ3v) is 6.16. The van der Waals surface area contributed by atoms with Gasteiger partial charge in [0.2, 0.25) is 0 Å². The number of ether oxygens (including phenoxy) is 1. The first-order valence-electron chi connectivity index (χ1n) is 11.0. The zero-order chi connectivity index (χ0) is 22.0. The molecule has 0 radical (unpaired) electrons. The first-order chi connectivity index (χ1) is 14.9. The molecule has 0 aliphatic carbocycles. The van der Waals surface area contributed by atoms with E-state index in [4.69, 9.17) is 14.1 Å². The molecule has 1 unspecified atom stereocenters. The van der Waals surface area contributed by atoms with Crippen LogP contribution in [0, 0.1) is 6.92 Å². The van der Waals surface area contributed by atoms with E-state index in [0.717, 1.165) is 60.5 Å². The van der Waals surface area contributed by atoms with Gasteiger partial charge in [-0.25, -0.2) is 14.8 Å². The topological polar surface area (TPSA) is 68.5 Å². The van der Waals surface area contributed by atoms with Crippen LogP contribution in [0.1, 0.15) is 66.7 Å². The number of aryl methyl sites for hydroxylation is 1. The van der Waals surface area contributed by atoms with Crippen LogP contribution in [0.25, 0.3) is 11.0 Å². The van der Waals surface area contributed by atoms with Crippen molar-refractivity contribution in [3.8, 4) is 0 Å². The third-order valence-electron chi connectivity index (χ3n) is 6.16. The molecule has 31 heavy (non-hydrogen) atoms. The van der Waals surface area contributed by atoms with Gasteiger partial charge in [0.15, 0.2) is 5.82 Å². The van der Waals surface area contributed by atoms with E-state index in [2.05, 4.69) is 36.7 Å². The van der Waals surface area contributed by atoms with Crippen LogP contribution in [0.15, 0.2) is 39.7 Å². The Morgan fingerprint density at radius 1 is 1.29 bits per heavy atom. The van der Waals surface area contributed by atoms with Gasteiger partial charge in [0.1, 0.15) is 12.2 Å². The Morgan fingerprint density at radius 2 is 2.13 bits per heavy atom. The van der Waals surface area contributed by atoms with Crippen LogP contribution in [0.2, 0.25) is 0 Å². The minimum atomic E-state index is -0.284. The molecule has 3 aromatic rings. The Labute approximate surface area is 183 Å². The SMILES string of the molecule is COCc1nccc(C2CCCN(Cc3cc(=O)oc4cc(C)c(C(C)C)cc34)C2)n1. The molecule has 0 bridgehead atoms. The fourth-order valence-corrected chi connectivity index (χ4v) is 4.67. The van der Waals surface area contributed by atoms with Gasteiger partial charge in [-0.15, -0.1) is 0 Å². The number of fused-ring (bicyclic) bond motifs is 1. The van der Waals surface area contributed by atoms with Crippen molar-refractivity contribution in [2.75, 3.05) is 20.2 Å². The summed E-state index contributed by atoms with van der Waals surface area (Å²) in [6, 6.07) is 7.88. The Kier molecular flexibility index (Phi) is 6.49. The van der Waals surface area contributed by atoms with Gasteiger partial charge in [-0.05, 0) is 67.1 Å². The summed E-state index contributed by atoms with van der Waals surface area (Å²) in [6.45, 7) is 9.55. The van der Waals surface area contributed by atoms with Crippen LogP contribution >= 0.6 is 0 Å². The zero-order valence-corrected chi connectivity index (χ0v) is 18.9. The lowest BCUT2D eigenvalue weighted by molar-refractivity contribution is 0.176. The predicted octanol–water partition coefficient (Wildman–Crippen LogP) is 4.54. The van der Waals surface area contributed by atoms with Crippen molar-refractivity contribution in [2.45, 2.75) is 58.6 Å². The molecule has 0 N–H and O–H groups in total. The number of piperidine rings is 1. The van der Waals surface area contributed by atoms with E-state index in [1.54, 1.807) is 13.2 Å². The molecule has 1 saturated heterocycles. The van der Waals surface area contributed by atoms with Crippen LogP contribution in [-0.2, 0) is 17.9 Å². The van der Waals surface area contributed by atoms with Crippen molar-refractivity contribution >= 4 is 11.0 Å². The van der Waals surface area contributed by atoms with Crippen molar-refractivity contribution in [2.24, 2.45) is 0 Å². The average molecular weight is 422 g/mol. The number of nitrogens with zero attached hydrogens (tertiary/aromatic N) is 3. The van der Waals surface area contributed by atoms with Crippen LogP contribution in [0.5, 0.6) is 0 Å². The molecule has 0 saturated carbocycles. The minimum absolute atomic E-state index is 0.284. The second kappa shape index (κ2) is 9.28.